The number of carbonyl (C=O) groups is 1. The maximum Gasteiger partial charge on any atom is 0.305 e. The van der Waals surface area contributed by atoms with Crippen molar-refractivity contribution in [1.82, 2.24) is 4.90 Å². The van der Waals surface area contributed by atoms with E-state index in [4.69, 9.17) is 10.4 Å². The van der Waals surface area contributed by atoms with Gasteiger partial charge in [-0.1, -0.05) is 6.92 Å². The monoisotopic (exact) mass is 209 g/mol. The molecule has 0 radical (unpaired) electrons. The summed E-state index contributed by atoms with van der Waals surface area (Å²) in [5.74, 6) is -0.0510. The molecule has 82 valence electrons. The zero-order chi connectivity index (χ0) is 11.3. The van der Waals surface area contributed by atoms with Crippen molar-refractivity contribution in [3.05, 3.63) is 0 Å². The third-order valence-electron chi connectivity index (χ3n) is 2.53. The Labute approximate surface area is 89.0 Å². The number of nitriles is 1. The van der Waals surface area contributed by atoms with Crippen LogP contribution in [-0.2, 0) is 4.79 Å². The number of aliphatic carboxylic acids is 1. The van der Waals surface area contributed by atoms with E-state index in [1.54, 1.807) is 6.19 Å². The Morgan fingerprint density at radius 1 is 1.80 bits per heavy atom. The van der Waals surface area contributed by atoms with Crippen LogP contribution in [0, 0.1) is 11.5 Å². The quantitative estimate of drug-likeness (QED) is 0.706. The molecule has 15 heavy (non-hydrogen) atoms. The van der Waals surface area contributed by atoms with Gasteiger partial charge in [0.2, 0.25) is 6.19 Å². The number of amidine groups is 1. The van der Waals surface area contributed by atoms with Gasteiger partial charge in [-0.3, -0.25) is 4.79 Å². The molecule has 1 N–H and O–H groups in total. The van der Waals surface area contributed by atoms with E-state index in [-0.39, 0.29) is 12.5 Å². The van der Waals surface area contributed by atoms with E-state index < -0.39 is 5.97 Å². The molecule has 0 bridgehead atoms. The molecular formula is C10H15N3O2. The van der Waals surface area contributed by atoms with E-state index in [0.717, 1.165) is 25.2 Å². The lowest BCUT2D eigenvalue weighted by molar-refractivity contribution is -0.138. The van der Waals surface area contributed by atoms with Crippen LogP contribution in [0.5, 0.6) is 0 Å². The van der Waals surface area contributed by atoms with Crippen LogP contribution >= 0.6 is 0 Å². The average molecular weight is 209 g/mol. The number of rotatable bonds is 4. The summed E-state index contributed by atoms with van der Waals surface area (Å²) in [7, 11) is 0. The minimum Gasteiger partial charge on any atom is -0.481 e. The van der Waals surface area contributed by atoms with E-state index in [1.807, 2.05) is 11.8 Å². The van der Waals surface area contributed by atoms with Gasteiger partial charge in [0.25, 0.3) is 0 Å². The lowest BCUT2D eigenvalue weighted by Gasteiger charge is -2.24. The topological polar surface area (TPSA) is 76.7 Å². The Balaban J connectivity index is 2.71. The molecule has 0 aromatic rings. The van der Waals surface area contributed by atoms with Crippen molar-refractivity contribution < 1.29 is 9.90 Å². The molecule has 1 heterocycles. The van der Waals surface area contributed by atoms with Crippen molar-refractivity contribution in [2.24, 2.45) is 4.99 Å². The Hall–Kier alpha value is -1.57. The van der Waals surface area contributed by atoms with E-state index >= 15 is 0 Å². The minimum absolute atomic E-state index is 0.00884. The summed E-state index contributed by atoms with van der Waals surface area (Å²) in [6.07, 6.45) is 4.33. The maximum atomic E-state index is 10.6. The fourth-order valence-corrected chi connectivity index (χ4v) is 1.95. The molecule has 0 aromatic carbocycles. The smallest absolute Gasteiger partial charge is 0.305 e. The number of likely N-dealkylation sites (tertiary alicyclic amines) is 1. The standard InChI is InChI=1S/C10H15N3O2/c1-2-5-13-8(6-10(14)15)3-4-9(13)12-7-11/h8H,2-6H2,1H3,(H,14,15)/t8-/m0/s1. The first-order valence-corrected chi connectivity index (χ1v) is 5.13. The highest BCUT2D eigenvalue weighted by Gasteiger charge is 2.30. The van der Waals surface area contributed by atoms with Crippen molar-refractivity contribution in [2.45, 2.75) is 38.6 Å². The third-order valence-corrected chi connectivity index (χ3v) is 2.53. The lowest BCUT2D eigenvalue weighted by Crippen LogP contribution is -2.35. The fourth-order valence-electron chi connectivity index (χ4n) is 1.95. The first-order valence-electron chi connectivity index (χ1n) is 5.13. The molecular weight excluding hydrogens is 194 g/mol. The van der Waals surface area contributed by atoms with Gasteiger partial charge in [-0.2, -0.15) is 10.3 Å². The van der Waals surface area contributed by atoms with Crippen LogP contribution in [0.3, 0.4) is 0 Å². The minimum atomic E-state index is -0.792. The molecule has 0 spiro atoms. The number of hydrogen-bond acceptors (Lipinski definition) is 3. The molecule has 5 nitrogen and oxygen atoms in total. The van der Waals surface area contributed by atoms with Gasteiger partial charge in [-0.05, 0) is 12.8 Å². The number of carboxylic acids is 1. The second-order valence-electron chi connectivity index (χ2n) is 3.61. The van der Waals surface area contributed by atoms with Crippen LogP contribution in [0.25, 0.3) is 0 Å². The highest BCUT2D eigenvalue weighted by Crippen LogP contribution is 2.22. The Morgan fingerprint density at radius 3 is 3.07 bits per heavy atom. The second-order valence-corrected chi connectivity index (χ2v) is 3.61. The zero-order valence-corrected chi connectivity index (χ0v) is 8.81. The predicted molar refractivity (Wildman–Crippen MR) is 55.3 cm³/mol. The largest absolute Gasteiger partial charge is 0.481 e. The number of aliphatic imine (C=N–C) groups is 1. The summed E-state index contributed by atoms with van der Waals surface area (Å²) in [5.41, 5.74) is 0. The third kappa shape index (κ3) is 2.94. The van der Waals surface area contributed by atoms with Crippen molar-refractivity contribution in [3.63, 3.8) is 0 Å². The van der Waals surface area contributed by atoms with Gasteiger partial charge in [-0.15, -0.1) is 0 Å². The maximum absolute atomic E-state index is 10.6. The molecule has 1 fully saturated rings. The van der Waals surface area contributed by atoms with Crippen molar-refractivity contribution in [1.29, 1.82) is 5.26 Å². The lowest BCUT2D eigenvalue weighted by atomic mass is 10.1. The van der Waals surface area contributed by atoms with Gasteiger partial charge in [0.15, 0.2) is 0 Å². The predicted octanol–water partition coefficient (Wildman–Crippen LogP) is 1.22. The molecule has 0 unspecified atom stereocenters. The molecule has 0 amide bonds. The SMILES string of the molecule is CCCN1C(=NC#N)CC[C@H]1CC(=O)O. The van der Waals surface area contributed by atoms with E-state index in [9.17, 15) is 4.79 Å². The van der Waals surface area contributed by atoms with E-state index in [2.05, 4.69) is 4.99 Å². The summed E-state index contributed by atoms with van der Waals surface area (Å²) in [6, 6.07) is 0.00884. The normalized spacial score (nSPS) is 23.1. The summed E-state index contributed by atoms with van der Waals surface area (Å²) < 4.78 is 0. The molecule has 1 saturated heterocycles. The first kappa shape index (κ1) is 11.5. The number of nitrogens with zero attached hydrogens (tertiary/aromatic N) is 3. The Bertz CT molecular complexity index is 306. The zero-order valence-electron chi connectivity index (χ0n) is 8.81. The number of carboxylic acid groups (broad SMARTS) is 1. The van der Waals surface area contributed by atoms with Crippen LogP contribution < -0.4 is 0 Å². The summed E-state index contributed by atoms with van der Waals surface area (Å²) in [4.78, 5) is 16.3. The summed E-state index contributed by atoms with van der Waals surface area (Å²) in [5, 5.41) is 17.2. The van der Waals surface area contributed by atoms with Crippen LogP contribution in [-0.4, -0.2) is 34.4 Å². The Morgan fingerprint density at radius 2 is 2.53 bits per heavy atom. The van der Waals surface area contributed by atoms with Crippen LogP contribution in [0.2, 0.25) is 0 Å². The van der Waals surface area contributed by atoms with Crippen molar-refractivity contribution in [2.75, 3.05) is 6.54 Å². The average Bonchev–Trinajstić information content (AvgIpc) is 2.51. The number of hydrogen-bond donors (Lipinski definition) is 1. The van der Waals surface area contributed by atoms with Gasteiger partial charge < -0.3 is 10.0 Å². The van der Waals surface area contributed by atoms with Crippen molar-refractivity contribution in [3.8, 4) is 6.19 Å². The van der Waals surface area contributed by atoms with Gasteiger partial charge >= 0.3 is 5.97 Å². The molecule has 0 aromatic heterocycles. The first-order chi connectivity index (χ1) is 7.19. The summed E-state index contributed by atoms with van der Waals surface area (Å²) >= 11 is 0. The van der Waals surface area contributed by atoms with Crippen LogP contribution in [0.15, 0.2) is 4.99 Å². The Kier molecular flexibility index (Phi) is 4.10. The summed E-state index contributed by atoms with van der Waals surface area (Å²) in [6.45, 7) is 2.80. The molecule has 1 atom stereocenters. The molecule has 0 aliphatic carbocycles. The fraction of sp³-hybridized carbons (Fsp3) is 0.700. The molecule has 1 rings (SSSR count). The highest BCUT2D eigenvalue weighted by atomic mass is 16.4. The van der Waals surface area contributed by atoms with Gasteiger partial charge in [0.1, 0.15) is 5.84 Å². The van der Waals surface area contributed by atoms with Crippen LogP contribution in [0.1, 0.15) is 32.6 Å². The molecule has 1 aliphatic rings. The van der Waals surface area contributed by atoms with Crippen LogP contribution in [0.4, 0.5) is 0 Å². The van der Waals surface area contributed by atoms with Crippen molar-refractivity contribution >= 4 is 11.8 Å². The molecule has 5 heteroatoms. The van der Waals surface area contributed by atoms with Gasteiger partial charge in [0.05, 0.1) is 6.42 Å². The van der Waals surface area contributed by atoms with Gasteiger partial charge in [-0.25, -0.2) is 0 Å². The molecule has 0 saturated carbocycles. The van der Waals surface area contributed by atoms with Gasteiger partial charge in [0, 0.05) is 19.0 Å². The van der Waals surface area contributed by atoms with E-state index in [1.165, 1.54) is 0 Å². The highest BCUT2D eigenvalue weighted by molar-refractivity contribution is 5.86. The van der Waals surface area contributed by atoms with E-state index in [0.29, 0.717) is 6.42 Å². The second kappa shape index (κ2) is 5.35. The molecule has 1 aliphatic heterocycles.